The van der Waals surface area contributed by atoms with E-state index in [1.54, 1.807) is 31.4 Å². The van der Waals surface area contributed by atoms with Crippen LogP contribution in [0.25, 0.3) is 6.08 Å². The van der Waals surface area contributed by atoms with E-state index in [-0.39, 0.29) is 51.4 Å². The van der Waals surface area contributed by atoms with Gasteiger partial charge in [-0.2, -0.15) is 0 Å². The summed E-state index contributed by atoms with van der Waals surface area (Å²) in [4.78, 5) is 20.8. The van der Waals surface area contributed by atoms with Crippen molar-refractivity contribution in [3.8, 4) is 5.75 Å². The van der Waals surface area contributed by atoms with Gasteiger partial charge in [0.2, 0.25) is 5.78 Å². The third kappa shape index (κ3) is 5.04. The van der Waals surface area contributed by atoms with Crippen molar-refractivity contribution in [3.05, 3.63) is 35.9 Å². The Kier molecular flexibility index (Phi) is 7.53. The molecule has 1 aromatic rings. The van der Waals surface area contributed by atoms with Crippen molar-refractivity contribution in [3.63, 3.8) is 0 Å². The normalized spacial score (nSPS) is 9.56. The van der Waals surface area contributed by atoms with Gasteiger partial charge >= 0.3 is 51.4 Å². The fourth-order valence-electron chi connectivity index (χ4n) is 0.955. The number of carbonyl (C=O) groups excluding carboxylic acids is 2. The van der Waals surface area contributed by atoms with Gasteiger partial charge in [0.25, 0.3) is 0 Å². The maximum Gasteiger partial charge on any atom is 1.00 e. The summed E-state index contributed by atoms with van der Waals surface area (Å²) in [7, 11) is 1.55. The minimum Gasteiger partial charge on any atom is -0.541 e. The van der Waals surface area contributed by atoms with Gasteiger partial charge in [-0.1, -0.05) is 18.2 Å². The predicted molar refractivity (Wildman–Crippen MR) is 52.0 cm³/mol. The molecule has 4 nitrogen and oxygen atoms in total. The van der Waals surface area contributed by atoms with Crippen LogP contribution in [-0.2, 0) is 9.59 Å². The van der Waals surface area contributed by atoms with E-state index < -0.39 is 11.8 Å². The third-order valence-corrected chi connectivity index (χ3v) is 1.74. The number of rotatable bonds is 4. The molecule has 1 aromatic carbocycles. The Labute approximate surface area is 136 Å². The minimum absolute atomic E-state index is 0. The molecule has 0 N–H and O–H groups in total. The summed E-state index contributed by atoms with van der Waals surface area (Å²) < 4.78 is 4.94. The van der Waals surface area contributed by atoms with Crippen molar-refractivity contribution >= 4 is 17.8 Å². The molecule has 0 heterocycles. The van der Waals surface area contributed by atoms with Crippen molar-refractivity contribution in [1.82, 2.24) is 0 Å². The summed E-state index contributed by atoms with van der Waals surface area (Å²) in [6.07, 6.45) is 2.36. The predicted octanol–water partition coefficient (Wildman–Crippen LogP) is -2.97. The molecule has 1 rings (SSSR count). The molecule has 0 amide bonds. The summed E-state index contributed by atoms with van der Waals surface area (Å²) in [6.45, 7) is 0. The number of ketones is 1. The molecular formula is C11H9KO4. The Balaban J connectivity index is 0.00000225. The van der Waals surface area contributed by atoms with E-state index in [2.05, 4.69) is 0 Å². The summed E-state index contributed by atoms with van der Waals surface area (Å²) in [5, 5.41) is 10.1. The summed E-state index contributed by atoms with van der Waals surface area (Å²) >= 11 is 0. The molecule has 78 valence electrons. The number of hydrogen-bond acceptors (Lipinski definition) is 4. The van der Waals surface area contributed by atoms with Crippen molar-refractivity contribution in [2.24, 2.45) is 0 Å². The molecule has 0 aliphatic heterocycles. The number of aliphatic carboxylic acids is 1. The van der Waals surface area contributed by atoms with Crippen LogP contribution in [0, 0.1) is 0 Å². The first-order chi connectivity index (χ1) is 7.13. The first-order valence-corrected chi connectivity index (χ1v) is 4.21. The molecule has 0 aliphatic rings. The average molecular weight is 244 g/mol. The van der Waals surface area contributed by atoms with E-state index in [1.165, 1.54) is 6.08 Å². The Hall–Kier alpha value is -0.464. The molecule has 0 bridgehead atoms. The van der Waals surface area contributed by atoms with Gasteiger partial charge in [0.15, 0.2) is 0 Å². The molecule has 0 unspecified atom stereocenters. The molecule has 0 aromatic heterocycles. The second kappa shape index (κ2) is 7.75. The fraction of sp³-hybridized carbons (Fsp3) is 0.0909. The third-order valence-electron chi connectivity index (χ3n) is 1.74. The van der Waals surface area contributed by atoms with Gasteiger partial charge in [-0.05, 0) is 23.8 Å². The number of hydrogen-bond donors (Lipinski definition) is 0. The number of methoxy groups -OCH3 is 1. The monoisotopic (exact) mass is 244 g/mol. The van der Waals surface area contributed by atoms with Gasteiger partial charge in [-0.25, -0.2) is 0 Å². The fourth-order valence-corrected chi connectivity index (χ4v) is 0.955. The zero-order valence-electron chi connectivity index (χ0n) is 9.10. The Morgan fingerprint density at radius 3 is 2.25 bits per heavy atom. The van der Waals surface area contributed by atoms with Gasteiger partial charge in [-0.15, -0.1) is 0 Å². The molecule has 0 fully saturated rings. The molecular weight excluding hydrogens is 235 g/mol. The zero-order valence-corrected chi connectivity index (χ0v) is 12.2. The Morgan fingerprint density at radius 2 is 1.81 bits per heavy atom. The average Bonchev–Trinajstić information content (AvgIpc) is 2.26. The van der Waals surface area contributed by atoms with Crippen LogP contribution in [0.2, 0.25) is 0 Å². The van der Waals surface area contributed by atoms with E-state index in [1.807, 2.05) is 0 Å². The van der Waals surface area contributed by atoms with Crippen LogP contribution in [-0.4, -0.2) is 18.9 Å². The molecule has 0 atom stereocenters. The number of carboxylic acid groups (broad SMARTS) is 1. The summed E-state index contributed by atoms with van der Waals surface area (Å²) in [5.41, 5.74) is 0.713. The second-order valence-corrected chi connectivity index (χ2v) is 2.76. The topological polar surface area (TPSA) is 66.4 Å². The van der Waals surface area contributed by atoms with Crippen LogP contribution in [0.15, 0.2) is 30.3 Å². The number of carbonyl (C=O) groups is 2. The van der Waals surface area contributed by atoms with Crippen molar-refractivity contribution in [1.29, 1.82) is 0 Å². The smallest absolute Gasteiger partial charge is 0.541 e. The van der Waals surface area contributed by atoms with Crippen LogP contribution in [0.3, 0.4) is 0 Å². The molecule has 0 saturated heterocycles. The van der Waals surface area contributed by atoms with Crippen molar-refractivity contribution < 1.29 is 70.8 Å². The number of carboxylic acids is 1. The Morgan fingerprint density at radius 1 is 1.25 bits per heavy atom. The van der Waals surface area contributed by atoms with E-state index in [4.69, 9.17) is 4.74 Å². The van der Waals surface area contributed by atoms with E-state index in [0.29, 0.717) is 11.3 Å². The van der Waals surface area contributed by atoms with Crippen LogP contribution in [0.1, 0.15) is 5.56 Å². The maximum absolute atomic E-state index is 10.7. The van der Waals surface area contributed by atoms with Gasteiger partial charge < -0.3 is 14.6 Å². The number of benzene rings is 1. The van der Waals surface area contributed by atoms with Crippen molar-refractivity contribution in [2.75, 3.05) is 7.11 Å². The van der Waals surface area contributed by atoms with Gasteiger partial charge in [0.05, 0.1) is 7.11 Å². The van der Waals surface area contributed by atoms with Gasteiger partial charge in [0.1, 0.15) is 11.7 Å². The second-order valence-electron chi connectivity index (χ2n) is 2.76. The maximum atomic E-state index is 10.7. The quantitative estimate of drug-likeness (QED) is 0.322. The summed E-state index contributed by atoms with van der Waals surface area (Å²) in [5.74, 6) is -2.07. The molecule has 5 heteroatoms. The van der Waals surface area contributed by atoms with Gasteiger partial charge in [0, 0.05) is 0 Å². The first kappa shape index (κ1) is 15.5. The molecule has 0 radical (unpaired) electrons. The minimum atomic E-state index is -1.71. The van der Waals surface area contributed by atoms with Crippen LogP contribution in [0.5, 0.6) is 5.75 Å². The van der Waals surface area contributed by atoms with Gasteiger partial charge in [-0.3, -0.25) is 4.79 Å². The van der Waals surface area contributed by atoms with Crippen LogP contribution in [0.4, 0.5) is 0 Å². The zero-order chi connectivity index (χ0) is 11.3. The molecule has 16 heavy (non-hydrogen) atoms. The SMILES string of the molecule is COc1ccc(/C=C/C(=O)C(=O)[O-])cc1.[K+]. The van der Waals surface area contributed by atoms with Crippen molar-refractivity contribution in [2.45, 2.75) is 0 Å². The van der Waals surface area contributed by atoms with Crippen LogP contribution >= 0.6 is 0 Å². The first-order valence-electron chi connectivity index (χ1n) is 4.21. The summed E-state index contributed by atoms with van der Waals surface area (Å²) in [6, 6.07) is 6.84. The van der Waals surface area contributed by atoms with Crippen LogP contribution < -0.4 is 61.2 Å². The molecule has 0 spiro atoms. The van der Waals surface area contributed by atoms with E-state index in [9.17, 15) is 14.7 Å². The standard InChI is InChI=1S/C11H10O4.K/c1-15-9-5-2-8(3-6-9)4-7-10(12)11(13)14;/h2-7H,1H3,(H,13,14);/q;+1/p-1/b7-4+;. The molecule has 0 aliphatic carbocycles. The largest absolute Gasteiger partial charge is 1.00 e. The number of ether oxygens (including phenoxy) is 1. The molecule has 0 saturated carbocycles. The van der Waals surface area contributed by atoms with E-state index in [0.717, 1.165) is 6.08 Å². The van der Waals surface area contributed by atoms with E-state index >= 15 is 0 Å². The Bertz CT molecular complexity index is 395.